The van der Waals surface area contributed by atoms with Crippen molar-refractivity contribution in [2.45, 2.75) is 19.4 Å². The summed E-state index contributed by atoms with van der Waals surface area (Å²) in [6.45, 7) is 4.75. The third kappa shape index (κ3) is 5.17. The molecule has 3 rings (SSSR count). The van der Waals surface area contributed by atoms with Gasteiger partial charge >= 0.3 is 5.97 Å². The smallest absolute Gasteiger partial charge is 0.316 e. The van der Waals surface area contributed by atoms with Crippen LogP contribution in [0.15, 0.2) is 73.3 Å². The Kier molecular flexibility index (Phi) is 7.15. The number of ketones is 1. The van der Waals surface area contributed by atoms with Crippen molar-refractivity contribution in [3.8, 4) is 0 Å². The monoisotopic (exact) mass is 378 g/mol. The summed E-state index contributed by atoms with van der Waals surface area (Å²) in [5.41, 5.74) is 2.15. The minimum Gasteiger partial charge on any atom is -0.465 e. The normalized spacial score (nSPS) is 19.8. The number of rotatable bonds is 10. The molecular weight excluding hydrogens is 352 g/mol. The highest BCUT2D eigenvalue weighted by atomic mass is 16.5. The van der Waals surface area contributed by atoms with Gasteiger partial charge in [0.2, 0.25) is 0 Å². The number of Topliss-reactive ketones (excluding diaryl/α,β-unsaturated/α-hetero) is 1. The van der Waals surface area contributed by atoms with E-state index >= 15 is 0 Å². The largest absolute Gasteiger partial charge is 0.465 e. The molecule has 1 saturated heterocycles. The maximum Gasteiger partial charge on any atom is 0.316 e. The summed E-state index contributed by atoms with van der Waals surface area (Å²) in [5.74, 6) is -1.77. The van der Waals surface area contributed by atoms with Crippen molar-refractivity contribution in [1.29, 1.82) is 0 Å². The molecule has 1 heterocycles. The Morgan fingerprint density at radius 2 is 1.75 bits per heavy atom. The number of benzene rings is 2. The van der Waals surface area contributed by atoms with E-state index in [9.17, 15) is 9.59 Å². The minimum absolute atomic E-state index is 0.101. The topological polar surface area (TPSA) is 52.6 Å². The van der Waals surface area contributed by atoms with Crippen LogP contribution in [-0.4, -0.2) is 25.0 Å². The van der Waals surface area contributed by atoms with Crippen molar-refractivity contribution in [3.63, 3.8) is 0 Å². The molecule has 0 bridgehead atoms. The van der Waals surface area contributed by atoms with Gasteiger partial charge in [0.05, 0.1) is 19.8 Å². The zero-order valence-electron chi connectivity index (χ0n) is 16.0. The zero-order valence-corrected chi connectivity index (χ0v) is 16.0. The van der Waals surface area contributed by atoms with Gasteiger partial charge in [-0.15, -0.1) is 6.58 Å². The molecule has 1 fully saturated rings. The molecule has 28 heavy (non-hydrogen) atoms. The molecule has 4 nitrogen and oxygen atoms in total. The summed E-state index contributed by atoms with van der Waals surface area (Å²) in [5, 5.41) is 0. The van der Waals surface area contributed by atoms with E-state index in [1.54, 1.807) is 6.08 Å². The Hall–Kier alpha value is -2.72. The molecule has 0 aliphatic carbocycles. The molecule has 0 amide bonds. The predicted octanol–water partition coefficient (Wildman–Crippen LogP) is 4.00. The van der Waals surface area contributed by atoms with Crippen LogP contribution in [0.1, 0.15) is 17.5 Å². The summed E-state index contributed by atoms with van der Waals surface area (Å²) in [6.07, 6.45) is 2.84. The van der Waals surface area contributed by atoms with Gasteiger partial charge in [-0.25, -0.2) is 0 Å². The Bertz CT molecular complexity index is 785. The Morgan fingerprint density at radius 3 is 2.39 bits per heavy atom. The fourth-order valence-corrected chi connectivity index (χ4v) is 3.62. The number of carbonyl (C=O) groups excluding carboxylic acids is 2. The third-order valence-corrected chi connectivity index (χ3v) is 5.10. The Balaban J connectivity index is 1.64. The van der Waals surface area contributed by atoms with Crippen molar-refractivity contribution < 1.29 is 19.1 Å². The summed E-state index contributed by atoms with van der Waals surface area (Å²) >= 11 is 0. The van der Waals surface area contributed by atoms with Crippen molar-refractivity contribution in [2.24, 2.45) is 17.8 Å². The van der Waals surface area contributed by atoms with E-state index in [-0.39, 0.29) is 24.9 Å². The standard InChI is InChI=1S/C24H26O4/c1-2-9-20(16-27-15-19-12-7-4-8-13-19)23(25)22-21(17-28-24(22)26)14-18-10-5-3-6-11-18/h2-8,10-13,20-22H,1,9,14-17H2/t20-,21+,22?/m0/s1. The van der Waals surface area contributed by atoms with Crippen molar-refractivity contribution in [3.05, 3.63) is 84.4 Å². The summed E-state index contributed by atoms with van der Waals surface area (Å²) in [7, 11) is 0. The van der Waals surface area contributed by atoms with Crippen molar-refractivity contribution >= 4 is 11.8 Å². The lowest BCUT2D eigenvalue weighted by Crippen LogP contribution is -2.34. The average molecular weight is 378 g/mol. The van der Waals surface area contributed by atoms with Gasteiger partial charge in [-0.2, -0.15) is 0 Å². The molecule has 2 aromatic rings. The SMILES string of the molecule is C=CC[C@@H](COCc1ccccc1)C(=O)C1C(=O)OC[C@H]1Cc1ccccc1. The third-order valence-electron chi connectivity index (χ3n) is 5.10. The van der Waals surface area contributed by atoms with Gasteiger partial charge in [0.25, 0.3) is 0 Å². The summed E-state index contributed by atoms with van der Waals surface area (Å²) in [4.78, 5) is 25.5. The van der Waals surface area contributed by atoms with E-state index in [1.807, 2.05) is 60.7 Å². The average Bonchev–Trinajstić information content (AvgIpc) is 3.08. The zero-order chi connectivity index (χ0) is 19.8. The van der Waals surface area contributed by atoms with Crippen LogP contribution < -0.4 is 0 Å². The lowest BCUT2D eigenvalue weighted by atomic mass is 9.81. The van der Waals surface area contributed by atoms with Gasteiger partial charge in [0.15, 0.2) is 5.78 Å². The first-order valence-electron chi connectivity index (χ1n) is 9.66. The Morgan fingerprint density at radius 1 is 1.11 bits per heavy atom. The fraction of sp³-hybridized carbons (Fsp3) is 0.333. The molecule has 2 aromatic carbocycles. The van der Waals surface area contributed by atoms with Crippen LogP contribution >= 0.6 is 0 Å². The minimum atomic E-state index is -0.731. The molecule has 1 unspecified atom stereocenters. The number of ether oxygens (including phenoxy) is 2. The summed E-state index contributed by atoms with van der Waals surface area (Å²) < 4.78 is 11.0. The molecule has 0 saturated carbocycles. The van der Waals surface area contributed by atoms with E-state index in [4.69, 9.17) is 9.47 Å². The predicted molar refractivity (Wildman–Crippen MR) is 107 cm³/mol. The van der Waals surface area contributed by atoms with Crippen molar-refractivity contribution in [2.75, 3.05) is 13.2 Å². The second kappa shape index (κ2) is 10.00. The lowest BCUT2D eigenvalue weighted by molar-refractivity contribution is -0.146. The van der Waals surface area contributed by atoms with Crippen LogP contribution in [0.4, 0.5) is 0 Å². The van der Waals surface area contributed by atoms with Gasteiger partial charge in [0.1, 0.15) is 5.92 Å². The number of hydrogen-bond acceptors (Lipinski definition) is 4. The number of esters is 1. The quantitative estimate of drug-likeness (QED) is 0.356. The second-order valence-electron chi connectivity index (χ2n) is 7.18. The highest BCUT2D eigenvalue weighted by Gasteiger charge is 2.44. The van der Waals surface area contributed by atoms with Crippen LogP contribution in [0.25, 0.3) is 0 Å². The second-order valence-corrected chi connectivity index (χ2v) is 7.18. The first-order chi connectivity index (χ1) is 13.7. The van der Waals surface area contributed by atoms with E-state index in [2.05, 4.69) is 6.58 Å². The first-order valence-corrected chi connectivity index (χ1v) is 9.66. The molecule has 1 aliphatic rings. The van der Waals surface area contributed by atoms with Crippen LogP contribution in [0.2, 0.25) is 0 Å². The maximum absolute atomic E-state index is 13.2. The molecular formula is C24H26O4. The molecule has 0 radical (unpaired) electrons. The van der Waals surface area contributed by atoms with Gasteiger partial charge in [-0.3, -0.25) is 9.59 Å². The molecule has 1 aliphatic heterocycles. The number of carbonyl (C=O) groups is 2. The number of allylic oxidation sites excluding steroid dienone is 1. The van der Waals surface area contributed by atoms with Crippen LogP contribution in [-0.2, 0) is 32.1 Å². The lowest BCUT2D eigenvalue weighted by Gasteiger charge is -2.20. The fourth-order valence-electron chi connectivity index (χ4n) is 3.62. The van der Waals surface area contributed by atoms with E-state index in [0.717, 1.165) is 11.1 Å². The molecule has 4 heteroatoms. The molecule has 0 aromatic heterocycles. The van der Waals surface area contributed by atoms with Gasteiger partial charge in [-0.05, 0) is 24.0 Å². The summed E-state index contributed by atoms with van der Waals surface area (Å²) in [6, 6.07) is 19.7. The van der Waals surface area contributed by atoms with Gasteiger partial charge in [0, 0.05) is 11.8 Å². The van der Waals surface area contributed by atoms with Crippen molar-refractivity contribution in [1.82, 2.24) is 0 Å². The molecule has 3 atom stereocenters. The maximum atomic E-state index is 13.2. The first kappa shape index (κ1) is 20.0. The molecule has 146 valence electrons. The molecule has 0 spiro atoms. The van der Waals surface area contributed by atoms with Gasteiger partial charge in [-0.1, -0.05) is 66.7 Å². The number of hydrogen-bond donors (Lipinski definition) is 0. The highest BCUT2D eigenvalue weighted by molar-refractivity contribution is 6.01. The van der Waals surface area contributed by atoms with E-state index in [0.29, 0.717) is 19.4 Å². The number of cyclic esters (lactones) is 1. The highest BCUT2D eigenvalue weighted by Crippen LogP contribution is 2.30. The Labute approximate surface area is 166 Å². The van der Waals surface area contributed by atoms with Gasteiger partial charge < -0.3 is 9.47 Å². The molecule has 0 N–H and O–H groups in total. The van der Waals surface area contributed by atoms with Crippen LogP contribution in [0, 0.1) is 17.8 Å². The van der Waals surface area contributed by atoms with E-state index < -0.39 is 17.8 Å². The van der Waals surface area contributed by atoms with Crippen LogP contribution in [0.5, 0.6) is 0 Å². The van der Waals surface area contributed by atoms with E-state index in [1.165, 1.54) is 0 Å². The van der Waals surface area contributed by atoms with Crippen LogP contribution in [0.3, 0.4) is 0 Å².